The predicted octanol–water partition coefficient (Wildman–Crippen LogP) is 2.02. The van der Waals surface area contributed by atoms with Crippen molar-refractivity contribution in [2.24, 2.45) is 5.92 Å². The van der Waals surface area contributed by atoms with Gasteiger partial charge in [-0.1, -0.05) is 11.6 Å². The Labute approximate surface area is 109 Å². The number of hydrogen-bond donors (Lipinski definition) is 1. The molecule has 1 heterocycles. The number of anilines is 1. The summed E-state index contributed by atoms with van der Waals surface area (Å²) in [5, 5.41) is 2.76. The third-order valence-electron chi connectivity index (χ3n) is 2.59. The molecule has 1 saturated carbocycles. The van der Waals surface area contributed by atoms with Crippen LogP contribution in [0.5, 0.6) is 0 Å². The van der Waals surface area contributed by atoms with E-state index in [1.54, 1.807) is 12.1 Å². The number of ether oxygens (including phenoxy) is 1. The zero-order valence-corrected chi connectivity index (χ0v) is 10.6. The first-order chi connectivity index (χ1) is 8.58. The Morgan fingerprint density at radius 1 is 1.56 bits per heavy atom. The van der Waals surface area contributed by atoms with Gasteiger partial charge in [-0.05, 0) is 31.9 Å². The van der Waals surface area contributed by atoms with E-state index in [0.717, 1.165) is 12.8 Å². The van der Waals surface area contributed by atoms with E-state index in [-0.39, 0.29) is 17.0 Å². The molecule has 1 fully saturated rings. The largest absolute Gasteiger partial charge is 0.452 e. The Balaban J connectivity index is 1.90. The van der Waals surface area contributed by atoms with E-state index in [1.807, 2.05) is 0 Å². The van der Waals surface area contributed by atoms with Gasteiger partial charge in [-0.2, -0.15) is 0 Å². The average molecular weight is 269 g/mol. The molecule has 1 aliphatic rings. The van der Waals surface area contributed by atoms with E-state index >= 15 is 0 Å². The number of carbonyl (C=O) groups is 2. The quantitative estimate of drug-likeness (QED) is 0.670. The number of esters is 1. The van der Waals surface area contributed by atoms with E-state index in [1.165, 1.54) is 13.1 Å². The van der Waals surface area contributed by atoms with Gasteiger partial charge in [0, 0.05) is 6.20 Å². The maximum atomic E-state index is 11.8. The van der Waals surface area contributed by atoms with Gasteiger partial charge in [0.05, 0.1) is 11.6 Å². The van der Waals surface area contributed by atoms with Gasteiger partial charge in [0.1, 0.15) is 0 Å². The summed E-state index contributed by atoms with van der Waals surface area (Å²) < 4.78 is 5.03. The highest BCUT2D eigenvalue weighted by molar-refractivity contribution is 6.32. The molecule has 0 spiro atoms. The summed E-state index contributed by atoms with van der Waals surface area (Å²) in [4.78, 5) is 27.0. The lowest BCUT2D eigenvalue weighted by molar-refractivity contribution is -0.154. The third kappa shape index (κ3) is 3.20. The van der Waals surface area contributed by atoms with Crippen LogP contribution in [0.25, 0.3) is 0 Å². The molecule has 0 unspecified atom stereocenters. The Morgan fingerprint density at radius 2 is 2.28 bits per heavy atom. The first-order valence-corrected chi connectivity index (χ1v) is 6.07. The van der Waals surface area contributed by atoms with Crippen LogP contribution < -0.4 is 5.32 Å². The second kappa shape index (κ2) is 5.35. The van der Waals surface area contributed by atoms with Gasteiger partial charge in [-0.15, -0.1) is 0 Å². The molecule has 1 N–H and O–H groups in total. The van der Waals surface area contributed by atoms with Crippen molar-refractivity contribution in [3.05, 3.63) is 23.5 Å². The molecule has 1 aliphatic carbocycles. The highest BCUT2D eigenvalue weighted by Gasteiger charge is 2.33. The molecule has 0 bridgehead atoms. The average Bonchev–Trinajstić information content (AvgIpc) is 3.15. The summed E-state index contributed by atoms with van der Waals surface area (Å²) in [6.45, 7) is 1.53. The molecule has 5 nitrogen and oxygen atoms in total. The van der Waals surface area contributed by atoms with E-state index in [0.29, 0.717) is 5.69 Å². The highest BCUT2D eigenvalue weighted by atomic mass is 35.5. The van der Waals surface area contributed by atoms with Gasteiger partial charge in [0.25, 0.3) is 5.91 Å². The molecular formula is C12H13ClN2O3. The fraction of sp³-hybridized carbons (Fsp3) is 0.417. The number of carbonyl (C=O) groups excluding carboxylic acids is 2. The minimum atomic E-state index is -0.839. The van der Waals surface area contributed by atoms with Crippen LogP contribution in [0.1, 0.15) is 19.8 Å². The maximum Gasteiger partial charge on any atom is 0.309 e. The first kappa shape index (κ1) is 12.8. The molecule has 0 saturated heterocycles. The molecule has 1 aromatic heterocycles. The summed E-state index contributed by atoms with van der Waals surface area (Å²) in [5.41, 5.74) is 0.401. The summed E-state index contributed by atoms with van der Waals surface area (Å²) in [6, 6.07) is 3.28. The number of rotatable bonds is 4. The van der Waals surface area contributed by atoms with E-state index < -0.39 is 12.0 Å². The van der Waals surface area contributed by atoms with Crippen LogP contribution in [-0.4, -0.2) is 23.0 Å². The van der Waals surface area contributed by atoms with Crippen molar-refractivity contribution >= 4 is 29.2 Å². The number of halogens is 1. The van der Waals surface area contributed by atoms with Crippen molar-refractivity contribution in [2.45, 2.75) is 25.9 Å². The summed E-state index contributed by atoms with van der Waals surface area (Å²) in [7, 11) is 0. The van der Waals surface area contributed by atoms with Crippen LogP contribution in [0.15, 0.2) is 18.3 Å². The fourth-order valence-corrected chi connectivity index (χ4v) is 1.52. The summed E-state index contributed by atoms with van der Waals surface area (Å²) in [6.07, 6.45) is 2.38. The molecular weight excluding hydrogens is 256 g/mol. The first-order valence-electron chi connectivity index (χ1n) is 5.70. The number of amides is 1. The van der Waals surface area contributed by atoms with Crippen molar-refractivity contribution in [2.75, 3.05) is 5.32 Å². The lowest BCUT2D eigenvalue weighted by Crippen LogP contribution is -2.30. The minimum absolute atomic E-state index is 0.0257. The summed E-state index contributed by atoms with van der Waals surface area (Å²) in [5.74, 6) is -0.754. The Bertz CT molecular complexity index is 474. The zero-order valence-electron chi connectivity index (χ0n) is 9.85. The van der Waals surface area contributed by atoms with Crippen LogP contribution in [-0.2, 0) is 14.3 Å². The Hall–Kier alpha value is -1.62. The minimum Gasteiger partial charge on any atom is -0.452 e. The van der Waals surface area contributed by atoms with Gasteiger partial charge in [0.2, 0.25) is 0 Å². The number of pyridine rings is 1. The van der Waals surface area contributed by atoms with Gasteiger partial charge in [-0.3, -0.25) is 9.59 Å². The Morgan fingerprint density at radius 3 is 2.89 bits per heavy atom. The molecule has 2 rings (SSSR count). The second-order valence-corrected chi connectivity index (χ2v) is 4.54. The zero-order chi connectivity index (χ0) is 13.1. The Kier molecular flexibility index (Phi) is 3.81. The smallest absolute Gasteiger partial charge is 0.309 e. The van der Waals surface area contributed by atoms with E-state index in [9.17, 15) is 9.59 Å². The van der Waals surface area contributed by atoms with Crippen LogP contribution in [0.4, 0.5) is 5.69 Å². The molecule has 1 aromatic rings. The molecule has 18 heavy (non-hydrogen) atoms. The van der Waals surface area contributed by atoms with E-state index in [4.69, 9.17) is 16.3 Å². The maximum absolute atomic E-state index is 11.8. The lowest BCUT2D eigenvalue weighted by atomic mass is 10.3. The van der Waals surface area contributed by atoms with Crippen molar-refractivity contribution in [3.63, 3.8) is 0 Å². The van der Waals surface area contributed by atoms with Crippen molar-refractivity contribution in [1.29, 1.82) is 0 Å². The molecule has 0 aliphatic heterocycles. The SMILES string of the molecule is C[C@H](OC(=O)C1CC1)C(=O)Nc1cccnc1Cl. The molecule has 0 radical (unpaired) electrons. The second-order valence-electron chi connectivity index (χ2n) is 4.18. The highest BCUT2D eigenvalue weighted by Crippen LogP contribution is 2.30. The van der Waals surface area contributed by atoms with Crippen LogP contribution in [0.3, 0.4) is 0 Å². The predicted molar refractivity (Wildman–Crippen MR) is 66.2 cm³/mol. The number of nitrogens with one attached hydrogen (secondary N) is 1. The third-order valence-corrected chi connectivity index (χ3v) is 2.89. The molecule has 1 amide bonds. The van der Waals surface area contributed by atoms with E-state index in [2.05, 4.69) is 10.3 Å². The standard InChI is InChI=1S/C12H13ClN2O3/c1-7(18-12(17)8-4-5-8)11(16)15-9-3-2-6-14-10(9)13/h2-3,6-8H,4-5H2,1H3,(H,15,16)/t7-/m0/s1. The molecule has 6 heteroatoms. The monoisotopic (exact) mass is 268 g/mol. The van der Waals surface area contributed by atoms with Crippen LogP contribution in [0.2, 0.25) is 5.15 Å². The molecule has 96 valence electrons. The molecule has 1 atom stereocenters. The van der Waals surface area contributed by atoms with Gasteiger partial charge < -0.3 is 10.1 Å². The van der Waals surface area contributed by atoms with Crippen molar-refractivity contribution in [1.82, 2.24) is 4.98 Å². The number of hydrogen-bond acceptors (Lipinski definition) is 4. The molecule has 0 aromatic carbocycles. The van der Waals surface area contributed by atoms with Crippen LogP contribution >= 0.6 is 11.6 Å². The van der Waals surface area contributed by atoms with Gasteiger partial charge >= 0.3 is 5.97 Å². The number of aromatic nitrogens is 1. The fourth-order valence-electron chi connectivity index (χ4n) is 1.36. The summed E-state index contributed by atoms with van der Waals surface area (Å²) >= 11 is 5.81. The van der Waals surface area contributed by atoms with Gasteiger partial charge in [-0.25, -0.2) is 4.98 Å². The van der Waals surface area contributed by atoms with Crippen LogP contribution in [0, 0.1) is 5.92 Å². The van der Waals surface area contributed by atoms with Gasteiger partial charge in [0.15, 0.2) is 11.3 Å². The topological polar surface area (TPSA) is 68.3 Å². The lowest BCUT2D eigenvalue weighted by Gasteiger charge is -2.13. The normalized spacial score (nSPS) is 15.9. The van der Waals surface area contributed by atoms with Crippen molar-refractivity contribution in [3.8, 4) is 0 Å². The van der Waals surface area contributed by atoms with Crippen molar-refractivity contribution < 1.29 is 14.3 Å². The number of nitrogens with zero attached hydrogens (tertiary/aromatic N) is 1.